The van der Waals surface area contributed by atoms with E-state index in [0.29, 0.717) is 6.54 Å². The Bertz CT molecular complexity index is 764. The second kappa shape index (κ2) is 7.52. The molecule has 124 valence electrons. The molecule has 9 heteroatoms. The Morgan fingerprint density at radius 2 is 2.17 bits per heavy atom. The molecule has 0 unspecified atom stereocenters. The highest BCUT2D eigenvalue weighted by Crippen LogP contribution is 2.12. The van der Waals surface area contributed by atoms with Crippen molar-refractivity contribution in [3.63, 3.8) is 0 Å². The van der Waals surface area contributed by atoms with Crippen molar-refractivity contribution in [2.75, 3.05) is 13.2 Å². The summed E-state index contributed by atoms with van der Waals surface area (Å²) in [5.41, 5.74) is -0.884. The van der Waals surface area contributed by atoms with Crippen molar-refractivity contribution in [2.24, 2.45) is 0 Å². The molecular formula is C14H18N4O5. The Morgan fingerprint density at radius 3 is 2.87 bits per heavy atom. The topological polar surface area (TPSA) is 116 Å². The molecule has 0 saturated heterocycles. The van der Waals surface area contributed by atoms with E-state index in [1.165, 1.54) is 6.33 Å². The van der Waals surface area contributed by atoms with Gasteiger partial charge in [-0.25, -0.2) is 9.78 Å². The number of nitrogens with zero attached hydrogens (tertiary/aromatic N) is 3. The van der Waals surface area contributed by atoms with E-state index < -0.39 is 11.5 Å². The van der Waals surface area contributed by atoms with E-state index in [-0.39, 0.29) is 35.9 Å². The maximum atomic E-state index is 12.4. The van der Waals surface area contributed by atoms with Crippen molar-refractivity contribution in [2.45, 2.75) is 33.2 Å². The van der Waals surface area contributed by atoms with Gasteiger partial charge in [0.05, 0.1) is 6.61 Å². The molecule has 0 radical (unpaired) electrons. The van der Waals surface area contributed by atoms with E-state index in [0.717, 1.165) is 17.4 Å². The third kappa shape index (κ3) is 3.74. The molecule has 0 bridgehead atoms. The van der Waals surface area contributed by atoms with Crippen LogP contribution in [0.15, 0.2) is 15.6 Å². The Hall–Kier alpha value is -2.71. The number of fused-ring (bicyclic) bond motifs is 1. The molecule has 0 aliphatic heterocycles. The van der Waals surface area contributed by atoms with Crippen LogP contribution in [0, 0.1) is 0 Å². The molecule has 2 aromatic rings. The second-order valence-electron chi connectivity index (χ2n) is 4.81. The van der Waals surface area contributed by atoms with Crippen LogP contribution in [0.3, 0.4) is 0 Å². The fourth-order valence-electron chi connectivity index (χ4n) is 1.95. The van der Waals surface area contributed by atoms with Crippen molar-refractivity contribution >= 4 is 23.0 Å². The van der Waals surface area contributed by atoms with Gasteiger partial charge in [0.15, 0.2) is 0 Å². The van der Waals surface area contributed by atoms with Gasteiger partial charge in [-0.1, -0.05) is 18.5 Å². The first-order valence-electron chi connectivity index (χ1n) is 7.37. The van der Waals surface area contributed by atoms with Crippen LogP contribution < -0.4 is 10.9 Å². The lowest BCUT2D eigenvalue weighted by Gasteiger charge is -2.06. The summed E-state index contributed by atoms with van der Waals surface area (Å²) in [6.45, 7) is 4.14. The number of aromatic nitrogens is 3. The molecule has 0 fully saturated rings. The molecule has 2 aromatic heterocycles. The van der Waals surface area contributed by atoms with Gasteiger partial charge >= 0.3 is 5.97 Å². The van der Waals surface area contributed by atoms with Crippen molar-refractivity contribution in [3.05, 3.63) is 22.4 Å². The molecule has 0 aliphatic carbocycles. The third-order valence-electron chi connectivity index (χ3n) is 3.10. The standard InChI is InChI=1S/C14H18N4O5/c1-3-5-6-15-9(19)7-18-8-16-12-10(13(18)20)11(17-23-12)14(21)22-4-2/h8H,3-7H2,1-2H3,(H,15,19). The predicted molar refractivity (Wildman–Crippen MR) is 79.9 cm³/mol. The Balaban J connectivity index is 2.27. The summed E-state index contributed by atoms with van der Waals surface area (Å²) >= 11 is 0. The zero-order valence-corrected chi connectivity index (χ0v) is 13.0. The largest absolute Gasteiger partial charge is 0.461 e. The number of amides is 1. The van der Waals surface area contributed by atoms with Gasteiger partial charge in [0.2, 0.25) is 11.6 Å². The summed E-state index contributed by atoms with van der Waals surface area (Å²) in [4.78, 5) is 39.9. The average Bonchev–Trinajstić information content (AvgIpc) is 2.95. The summed E-state index contributed by atoms with van der Waals surface area (Å²) in [7, 11) is 0. The number of rotatable bonds is 7. The lowest BCUT2D eigenvalue weighted by Crippen LogP contribution is -2.33. The van der Waals surface area contributed by atoms with Gasteiger partial charge in [-0.2, -0.15) is 0 Å². The number of ether oxygens (including phenoxy) is 1. The lowest BCUT2D eigenvalue weighted by molar-refractivity contribution is -0.121. The first kappa shape index (κ1) is 16.7. The SMILES string of the molecule is CCCCNC(=O)Cn1cnc2onc(C(=O)OCC)c2c1=O. The van der Waals surface area contributed by atoms with Gasteiger partial charge in [0, 0.05) is 6.54 Å². The molecule has 1 amide bonds. The van der Waals surface area contributed by atoms with Gasteiger partial charge in [0.25, 0.3) is 11.3 Å². The van der Waals surface area contributed by atoms with Crippen LogP contribution in [-0.4, -0.2) is 39.7 Å². The van der Waals surface area contributed by atoms with E-state index in [1.54, 1.807) is 6.92 Å². The second-order valence-corrected chi connectivity index (χ2v) is 4.81. The summed E-state index contributed by atoms with van der Waals surface area (Å²) in [5.74, 6) is -1.08. The fraction of sp³-hybridized carbons (Fsp3) is 0.500. The predicted octanol–water partition coefficient (Wildman–Crippen LogP) is 0.477. The highest BCUT2D eigenvalue weighted by Gasteiger charge is 2.22. The number of hydrogen-bond donors (Lipinski definition) is 1. The van der Waals surface area contributed by atoms with Crippen LogP contribution in [0.4, 0.5) is 0 Å². The Kier molecular flexibility index (Phi) is 5.45. The van der Waals surface area contributed by atoms with Crippen LogP contribution >= 0.6 is 0 Å². The Morgan fingerprint density at radius 1 is 1.39 bits per heavy atom. The van der Waals surface area contributed by atoms with E-state index in [9.17, 15) is 14.4 Å². The number of unbranched alkanes of at least 4 members (excludes halogenated alkanes) is 1. The normalized spacial score (nSPS) is 10.7. The maximum absolute atomic E-state index is 12.4. The maximum Gasteiger partial charge on any atom is 0.361 e. The van der Waals surface area contributed by atoms with E-state index in [2.05, 4.69) is 15.5 Å². The molecular weight excluding hydrogens is 304 g/mol. The molecule has 0 spiro atoms. The summed E-state index contributed by atoms with van der Waals surface area (Å²) < 4.78 is 10.8. The van der Waals surface area contributed by atoms with Crippen molar-refractivity contribution < 1.29 is 18.8 Å². The summed E-state index contributed by atoms with van der Waals surface area (Å²) in [6.07, 6.45) is 3.00. The van der Waals surface area contributed by atoms with Crippen LogP contribution in [0.1, 0.15) is 37.2 Å². The highest BCUT2D eigenvalue weighted by molar-refractivity contribution is 5.99. The molecule has 23 heavy (non-hydrogen) atoms. The number of esters is 1. The van der Waals surface area contributed by atoms with Crippen LogP contribution in [0.5, 0.6) is 0 Å². The number of carbonyl (C=O) groups is 2. The van der Waals surface area contributed by atoms with Crippen molar-refractivity contribution in [1.29, 1.82) is 0 Å². The first-order valence-corrected chi connectivity index (χ1v) is 7.37. The van der Waals surface area contributed by atoms with Crippen molar-refractivity contribution in [3.8, 4) is 0 Å². The lowest BCUT2D eigenvalue weighted by atomic mass is 10.3. The van der Waals surface area contributed by atoms with Crippen molar-refractivity contribution in [1.82, 2.24) is 20.0 Å². The molecule has 9 nitrogen and oxygen atoms in total. The molecule has 0 saturated carbocycles. The number of hydrogen-bond acceptors (Lipinski definition) is 7. The molecule has 0 atom stereocenters. The molecule has 1 N–H and O–H groups in total. The average molecular weight is 322 g/mol. The fourth-order valence-corrected chi connectivity index (χ4v) is 1.95. The van der Waals surface area contributed by atoms with Gasteiger partial charge in [-0.15, -0.1) is 0 Å². The van der Waals surface area contributed by atoms with Crippen LogP contribution in [0.2, 0.25) is 0 Å². The summed E-state index contributed by atoms with van der Waals surface area (Å²) in [6, 6.07) is 0. The third-order valence-corrected chi connectivity index (χ3v) is 3.10. The van der Waals surface area contributed by atoms with Gasteiger partial charge in [0.1, 0.15) is 18.3 Å². The molecule has 0 aromatic carbocycles. The Labute approximate surface area is 131 Å². The first-order chi connectivity index (χ1) is 11.1. The summed E-state index contributed by atoms with van der Waals surface area (Å²) in [5, 5.41) is 6.14. The smallest absolute Gasteiger partial charge is 0.361 e. The zero-order valence-electron chi connectivity index (χ0n) is 13.0. The van der Waals surface area contributed by atoms with Gasteiger partial charge < -0.3 is 14.6 Å². The minimum Gasteiger partial charge on any atom is -0.461 e. The van der Waals surface area contributed by atoms with Crippen LogP contribution in [-0.2, 0) is 16.1 Å². The van der Waals surface area contributed by atoms with E-state index >= 15 is 0 Å². The molecule has 2 heterocycles. The monoisotopic (exact) mass is 322 g/mol. The van der Waals surface area contributed by atoms with E-state index in [4.69, 9.17) is 9.26 Å². The van der Waals surface area contributed by atoms with E-state index in [1.807, 2.05) is 6.92 Å². The molecule has 0 aliphatic rings. The minimum absolute atomic E-state index is 0.0688. The van der Waals surface area contributed by atoms with Crippen LogP contribution in [0.25, 0.3) is 11.1 Å². The molecule has 2 rings (SSSR count). The quantitative estimate of drug-likeness (QED) is 0.582. The number of nitrogens with one attached hydrogen (secondary N) is 1. The zero-order chi connectivity index (χ0) is 16.8. The van der Waals surface area contributed by atoms with Gasteiger partial charge in [-0.3, -0.25) is 14.2 Å². The highest BCUT2D eigenvalue weighted by atomic mass is 16.5. The number of carbonyl (C=O) groups excluding carboxylic acids is 2. The minimum atomic E-state index is -0.768. The van der Waals surface area contributed by atoms with Gasteiger partial charge in [-0.05, 0) is 13.3 Å².